The maximum atomic E-state index is 13.1. The van der Waals surface area contributed by atoms with E-state index in [1.54, 1.807) is 18.2 Å². The van der Waals surface area contributed by atoms with Crippen molar-refractivity contribution in [3.05, 3.63) is 69.8 Å². The zero-order valence-electron chi connectivity index (χ0n) is 18.9. The molecule has 0 unspecified atom stereocenters. The van der Waals surface area contributed by atoms with E-state index in [9.17, 15) is 14.7 Å². The minimum atomic E-state index is -0.698. The molecule has 1 aliphatic heterocycles. The summed E-state index contributed by atoms with van der Waals surface area (Å²) >= 11 is 6.30. The maximum Gasteiger partial charge on any atom is 0.295 e. The van der Waals surface area contributed by atoms with Crippen molar-refractivity contribution in [2.45, 2.75) is 26.3 Å². The van der Waals surface area contributed by atoms with E-state index in [0.29, 0.717) is 36.0 Å². The van der Waals surface area contributed by atoms with E-state index in [1.165, 1.54) is 4.90 Å². The number of ether oxygens (including phenoxy) is 1. The zero-order valence-corrected chi connectivity index (χ0v) is 19.6. The fourth-order valence-corrected chi connectivity index (χ4v) is 4.01. The summed E-state index contributed by atoms with van der Waals surface area (Å²) in [4.78, 5) is 29.5. The van der Waals surface area contributed by atoms with E-state index in [0.717, 1.165) is 17.5 Å². The molecule has 1 aliphatic rings. The Labute approximate surface area is 194 Å². The number of aryl methyl sites for hydroxylation is 1. The Morgan fingerprint density at radius 1 is 1.12 bits per heavy atom. The molecule has 32 heavy (non-hydrogen) atoms. The van der Waals surface area contributed by atoms with E-state index in [1.807, 2.05) is 50.2 Å². The fourth-order valence-electron chi connectivity index (χ4n) is 3.78. The molecule has 6 nitrogen and oxygen atoms in total. The first-order chi connectivity index (χ1) is 15.3. The summed E-state index contributed by atoms with van der Waals surface area (Å²) < 4.78 is 5.46. The van der Waals surface area contributed by atoms with Crippen LogP contribution in [0.1, 0.15) is 36.6 Å². The molecule has 0 saturated carbocycles. The molecule has 1 heterocycles. The predicted molar refractivity (Wildman–Crippen MR) is 126 cm³/mol. The van der Waals surface area contributed by atoms with Gasteiger partial charge in [0.15, 0.2) is 0 Å². The number of amides is 1. The van der Waals surface area contributed by atoms with Gasteiger partial charge in [0.1, 0.15) is 11.5 Å². The van der Waals surface area contributed by atoms with Gasteiger partial charge in [-0.25, -0.2) is 0 Å². The topological polar surface area (TPSA) is 70.1 Å². The van der Waals surface area contributed by atoms with E-state index < -0.39 is 17.7 Å². The molecular formula is C25H29ClN2O4. The second-order valence-electron chi connectivity index (χ2n) is 7.97. The number of Topliss-reactive ketones (excluding diaryl/α,β-unsaturated/α-hetero) is 1. The number of hydrogen-bond acceptors (Lipinski definition) is 5. The van der Waals surface area contributed by atoms with Gasteiger partial charge in [-0.3, -0.25) is 9.59 Å². The van der Waals surface area contributed by atoms with Crippen molar-refractivity contribution in [2.24, 2.45) is 0 Å². The number of halogens is 1. The van der Waals surface area contributed by atoms with Gasteiger partial charge in [0.25, 0.3) is 11.7 Å². The van der Waals surface area contributed by atoms with Crippen molar-refractivity contribution in [2.75, 3.05) is 33.8 Å². The van der Waals surface area contributed by atoms with Gasteiger partial charge in [-0.2, -0.15) is 0 Å². The highest BCUT2D eigenvalue weighted by Gasteiger charge is 2.45. The van der Waals surface area contributed by atoms with Gasteiger partial charge < -0.3 is 19.6 Å². The van der Waals surface area contributed by atoms with Gasteiger partial charge >= 0.3 is 0 Å². The van der Waals surface area contributed by atoms with Crippen LogP contribution in [0.3, 0.4) is 0 Å². The molecule has 3 rings (SSSR count). The first-order valence-corrected chi connectivity index (χ1v) is 11.1. The van der Waals surface area contributed by atoms with Crippen LogP contribution in [0.25, 0.3) is 5.76 Å². The number of likely N-dealkylation sites (N-methyl/N-ethyl adjacent to an activating group) is 1. The van der Waals surface area contributed by atoms with E-state index in [2.05, 4.69) is 6.92 Å². The molecule has 170 valence electrons. The van der Waals surface area contributed by atoms with Crippen LogP contribution in [0.2, 0.25) is 5.02 Å². The highest BCUT2D eigenvalue weighted by molar-refractivity contribution is 6.46. The van der Waals surface area contributed by atoms with Crippen LogP contribution in [-0.4, -0.2) is 60.4 Å². The van der Waals surface area contributed by atoms with Crippen LogP contribution < -0.4 is 4.74 Å². The summed E-state index contributed by atoms with van der Waals surface area (Å²) in [7, 11) is 3.81. The number of nitrogens with zero attached hydrogens (tertiary/aromatic N) is 2. The Balaban J connectivity index is 2.12. The van der Waals surface area contributed by atoms with Crippen LogP contribution in [0, 0.1) is 0 Å². The normalized spacial score (nSPS) is 17.9. The highest BCUT2D eigenvalue weighted by atomic mass is 35.5. The number of ketones is 1. The highest BCUT2D eigenvalue weighted by Crippen LogP contribution is 2.40. The molecule has 1 N–H and O–H groups in total. The molecule has 1 atom stereocenters. The Morgan fingerprint density at radius 2 is 1.81 bits per heavy atom. The van der Waals surface area contributed by atoms with Crippen molar-refractivity contribution in [1.29, 1.82) is 0 Å². The molecule has 0 radical (unpaired) electrons. The molecule has 0 aliphatic carbocycles. The number of aliphatic hydroxyl groups is 1. The maximum absolute atomic E-state index is 13.1. The first kappa shape index (κ1) is 23.8. The SMILES string of the molecule is CCOc1ccc(C(O)=C2C(=O)C(=O)N(CCN(C)C)[C@@H]2c2ccc(CC)cc2)cc1Cl. The molecule has 0 spiro atoms. The summed E-state index contributed by atoms with van der Waals surface area (Å²) in [5.41, 5.74) is 2.36. The third-order valence-electron chi connectivity index (χ3n) is 5.54. The molecular weight excluding hydrogens is 428 g/mol. The Bertz CT molecular complexity index is 1030. The Kier molecular flexibility index (Phi) is 7.59. The summed E-state index contributed by atoms with van der Waals surface area (Å²) in [6.45, 7) is 5.32. The number of likely N-dealkylation sites (tertiary alicyclic amines) is 1. The van der Waals surface area contributed by atoms with Gasteiger partial charge in [-0.05, 0) is 56.8 Å². The van der Waals surface area contributed by atoms with Crippen LogP contribution in [-0.2, 0) is 16.0 Å². The minimum Gasteiger partial charge on any atom is -0.507 e. The summed E-state index contributed by atoms with van der Waals surface area (Å²) in [5.74, 6) is -1.07. The van der Waals surface area contributed by atoms with E-state index >= 15 is 0 Å². The van der Waals surface area contributed by atoms with Crippen LogP contribution in [0.15, 0.2) is 48.0 Å². The number of aliphatic hydroxyl groups excluding tert-OH is 1. The zero-order chi connectivity index (χ0) is 23.4. The van der Waals surface area contributed by atoms with Gasteiger partial charge in [-0.1, -0.05) is 42.8 Å². The van der Waals surface area contributed by atoms with Crippen molar-refractivity contribution in [1.82, 2.24) is 9.80 Å². The fraction of sp³-hybridized carbons (Fsp3) is 0.360. The number of carbonyl (C=O) groups is 2. The summed E-state index contributed by atoms with van der Waals surface area (Å²) in [6.07, 6.45) is 0.881. The van der Waals surface area contributed by atoms with E-state index in [4.69, 9.17) is 16.3 Å². The predicted octanol–water partition coefficient (Wildman–Crippen LogP) is 4.28. The number of carbonyl (C=O) groups excluding carboxylic acids is 2. The number of benzene rings is 2. The van der Waals surface area contributed by atoms with Crippen molar-refractivity contribution in [3.63, 3.8) is 0 Å². The molecule has 2 aromatic rings. The third kappa shape index (κ3) is 4.81. The standard InChI is InChI=1S/C25H29ClN2O4/c1-5-16-7-9-17(10-8-16)22-21(24(30)25(31)28(22)14-13-27(3)4)23(29)18-11-12-20(32-6-2)19(26)15-18/h7-12,15,22,29H,5-6,13-14H2,1-4H3/t22-/m1/s1. The average Bonchev–Trinajstić information content (AvgIpc) is 3.03. The molecule has 0 bridgehead atoms. The van der Waals surface area contributed by atoms with E-state index in [-0.39, 0.29) is 11.3 Å². The quantitative estimate of drug-likeness (QED) is 0.364. The van der Waals surface area contributed by atoms with Gasteiger partial charge in [0, 0.05) is 18.7 Å². The molecule has 1 fully saturated rings. The minimum absolute atomic E-state index is 0.0678. The van der Waals surface area contributed by atoms with Gasteiger partial charge in [-0.15, -0.1) is 0 Å². The molecule has 7 heteroatoms. The van der Waals surface area contributed by atoms with Crippen molar-refractivity contribution in [3.8, 4) is 5.75 Å². The van der Waals surface area contributed by atoms with Crippen LogP contribution >= 0.6 is 11.6 Å². The Hall–Kier alpha value is -2.83. The lowest BCUT2D eigenvalue weighted by atomic mass is 9.94. The van der Waals surface area contributed by atoms with Crippen LogP contribution in [0.5, 0.6) is 5.75 Å². The second kappa shape index (κ2) is 10.2. The molecule has 1 saturated heterocycles. The van der Waals surface area contributed by atoms with Gasteiger partial charge in [0.2, 0.25) is 0 Å². The lowest BCUT2D eigenvalue weighted by Gasteiger charge is -2.26. The molecule has 1 amide bonds. The average molecular weight is 457 g/mol. The Morgan fingerprint density at radius 3 is 2.38 bits per heavy atom. The lowest BCUT2D eigenvalue weighted by Crippen LogP contribution is -2.35. The summed E-state index contributed by atoms with van der Waals surface area (Å²) in [5, 5.41) is 11.5. The van der Waals surface area contributed by atoms with Crippen molar-refractivity contribution >= 4 is 29.1 Å². The third-order valence-corrected chi connectivity index (χ3v) is 5.83. The summed E-state index contributed by atoms with van der Waals surface area (Å²) in [6, 6.07) is 11.9. The molecule has 0 aromatic heterocycles. The monoisotopic (exact) mass is 456 g/mol. The second-order valence-corrected chi connectivity index (χ2v) is 8.38. The lowest BCUT2D eigenvalue weighted by molar-refractivity contribution is -0.140. The number of rotatable bonds is 8. The van der Waals surface area contributed by atoms with Crippen molar-refractivity contribution < 1.29 is 19.4 Å². The largest absolute Gasteiger partial charge is 0.507 e. The first-order valence-electron chi connectivity index (χ1n) is 10.7. The smallest absolute Gasteiger partial charge is 0.295 e. The number of hydrogen-bond donors (Lipinski definition) is 1. The van der Waals surface area contributed by atoms with Crippen LogP contribution in [0.4, 0.5) is 0 Å². The van der Waals surface area contributed by atoms with Gasteiger partial charge in [0.05, 0.1) is 23.2 Å². The molecule has 2 aromatic carbocycles.